The quantitative estimate of drug-likeness (QED) is 0.608. The Balaban J connectivity index is 1.61. The lowest BCUT2D eigenvalue weighted by atomic mass is 10.2. The largest absolute Gasteiger partial charge is 0.490 e. The lowest BCUT2D eigenvalue weighted by Gasteiger charge is -2.13. The van der Waals surface area contributed by atoms with Crippen molar-refractivity contribution in [2.75, 3.05) is 18.5 Å². The van der Waals surface area contributed by atoms with Crippen molar-refractivity contribution in [2.45, 2.75) is 13.5 Å². The Kier molecular flexibility index (Phi) is 6.72. The number of ether oxygens (including phenoxy) is 2. The molecule has 0 aliphatic rings. The van der Waals surface area contributed by atoms with Crippen molar-refractivity contribution in [3.05, 3.63) is 70.9 Å². The van der Waals surface area contributed by atoms with Crippen molar-refractivity contribution in [1.82, 2.24) is 9.78 Å². The first kappa shape index (κ1) is 20.2. The molecule has 0 bridgehead atoms. The smallest absolute Gasteiger partial charge is 0.263 e. The lowest BCUT2D eigenvalue weighted by Crippen LogP contribution is -2.22. The number of carbonyl (C=O) groups is 1. The van der Waals surface area contributed by atoms with Gasteiger partial charge in [0.05, 0.1) is 31.0 Å². The fraction of sp³-hybridized carbons (Fsp3) is 0.190. The maximum atomic E-state index is 12.3. The predicted molar refractivity (Wildman–Crippen MR) is 109 cm³/mol. The summed E-state index contributed by atoms with van der Waals surface area (Å²) in [6.45, 7) is 2.53. The summed E-state index contributed by atoms with van der Waals surface area (Å²) in [5.74, 6) is 1.04. The Bertz CT molecular complexity index is 1030. The summed E-state index contributed by atoms with van der Waals surface area (Å²) in [4.78, 5) is 12.3. The number of nitriles is 1. The zero-order chi connectivity index (χ0) is 20.6. The number of aromatic nitrogens is 2. The molecule has 0 unspecified atom stereocenters. The number of carbonyl (C=O) groups excluding carboxylic acids is 1. The number of nitrogens with zero attached hydrogens (tertiary/aromatic N) is 3. The summed E-state index contributed by atoms with van der Waals surface area (Å²) in [7, 11) is 0. The topological polar surface area (TPSA) is 89.2 Å². The highest BCUT2D eigenvalue weighted by atomic mass is 35.5. The number of hydrogen-bond donors (Lipinski definition) is 1. The number of benzene rings is 2. The molecule has 0 saturated heterocycles. The Morgan fingerprint density at radius 3 is 2.69 bits per heavy atom. The molecule has 29 heavy (non-hydrogen) atoms. The Morgan fingerprint density at radius 1 is 1.17 bits per heavy atom. The van der Waals surface area contributed by atoms with E-state index < -0.39 is 0 Å². The monoisotopic (exact) mass is 410 g/mol. The van der Waals surface area contributed by atoms with Gasteiger partial charge in [0.15, 0.2) is 18.1 Å². The van der Waals surface area contributed by atoms with Crippen molar-refractivity contribution in [3.63, 3.8) is 0 Å². The fourth-order valence-corrected chi connectivity index (χ4v) is 2.74. The van der Waals surface area contributed by atoms with Crippen LogP contribution in [0.25, 0.3) is 0 Å². The van der Waals surface area contributed by atoms with Crippen molar-refractivity contribution >= 4 is 23.3 Å². The van der Waals surface area contributed by atoms with Crippen molar-refractivity contribution in [1.29, 1.82) is 5.26 Å². The molecule has 2 aromatic carbocycles. The van der Waals surface area contributed by atoms with Crippen LogP contribution in [0.1, 0.15) is 18.1 Å². The Morgan fingerprint density at radius 2 is 1.97 bits per heavy atom. The number of halogens is 1. The van der Waals surface area contributed by atoms with Gasteiger partial charge in [-0.15, -0.1) is 0 Å². The number of anilines is 1. The molecular weight excluding hydrogens is 392 g/mol. The molecule has 8 heteroatoms. The molecule has 0 radical (unpaired) electrons. The van der Waals surface area contributed by atoms with E-state index >= 15 is 0 Å². The highest BCUT2D eigenvalue weighted by molar-refractivity contribution is 6.30. The van der Waals surface area contributed by atoms with Gasteiger partial charge in [-0.3, -0.25) is 4.79 Å². The minimum absolute atomic E-state index is 0.210. The van der Waals surface area contributed by atoms with Gasteiger partial charge in [-0.25, -0.2) is 4.68 Å². The minimum atomic E-state index is -0.338. The molecule has 1 heterocycles. The normalized spacial score (nSPS) is 10.2. The lowest BCUT2D eigenvalue weighted by molar-refractivity contribution is -0.118. The average molecular weight is 411 g/mol. The maximum absolute atomic E-state index is 12.3. The summed E-state index contributed by atoms with van der Waals surface area (Å²) in [6, 6.07) is 16.0. The van der Waals surface area contributed by atoms with Crippen LogP contribution >= 0.6 is 11.6 Å². The first-order valence-corrected chi connectivity index (χ1v) is 9.32. The predicted octanol–water partition coefficient (Wildman–Crippen LogP) is 3.87. The molecule has 1 amide bonds. The third kappa shape index (κ3) is 5.50. The highest BCUT2D eigenvalue weighted by Gasteiger charge is 2.12. The zero-order valence-electron chi connectivity index (χ0n) is 15.8. The molecular formula is C21H19ClN4O3. The minimum Gasteiger partial charge on any atom is -0.490 e. The van der Waals surface area contributed by atoms with Crippen LogP contribution in [0, 0.1) is 11.3 Å². The van der Waals surface area contributed by atoms with Crippen LogP contribution in [-0.4, -0.2) is 28.9 Å². The van der Waals surface area contributed by atoms with Crippen LogP contribution in [0.2, 0.25) is 5.02 Å². The van der Waals surface area contributed by atoms with E-state index in [0.717, 1.165) is 5.56 Å². The Labute approximate surface area is 173 Å². The molecule has 0 saturated carbocycles. The van der Waals surface area contributed by atoms with Crippen LogP contribution < -0.4 is 14.8 Å². The average Bonchev–Trinajstić information content (AvgIpc) is 3.15. The van der Waals surface area contributed by atoms with E-state index in [1.54, 1.807) is 47.3 Å². The van der Waals surface area contributed by atoms with Crippen LogP contribution in [0.15, 0.2) is 54.7 Å². The van der Waals surface area contributed by atoms with Crippen molar-refractivity contribution in [2.24, 2.45) is 0 Å². The van der Waals surface area contributed by atoms with Crippen molar-refractivity contribution in [3.8, 4) is 17.6 Å². The zero-order valence-corrected chi connectivity index (χ0v) is 16.5. The van der Waals surface area contributed by atoms with Crippen LogP contribution in [0.5, 0.6) is 11.5 Å². The van der Waals surface area contributed by atoms with E-state index in [4.69, 9.17) is 26.3 Å². The first-order chi connectivity index (χ1) is 14.1. The fourth-order valence-electron chi connectivity index (χ4n) is 2.61. The van der Waals surface area contributed by atoms with Crippen LogP contribution in [-0.2, 0) is 11.3 Å². The number of rotatable bonds is 8. The highest BCUT2D eigenvalue weighted by Crippen LogP contribution is 2.28. The summed E-state index contributed by atoms with van der Waals surface area (Å²) >= 11 is 5.91. The summed E-state index contributed by atoms with van der Waals surface area (Å²) < 4.78 is 12.7. The summed E-state index contributed by atoms with van der Waals surface area (Å²) in [5.41, 5.74) is 1.46. The standard InChI is InChI=1S/C21H19ClN4O3/c1-2-28-19-11-16(12-23)5-8-18(19)29-14-21(27)25-20-9-10-24-26(20)13-15-3-6-17(22)7-4-15/h3-11H,2,13-14H2,1H3,(H,25,27). The molecule has 0 fully saturated rings. The van der Waals surface area contributed by atoms with Gasteiger partial charge in [-0.2, -0.15) is 10.4 Å². The molecule has 148 valence electrons. The molecule has 3 rings (SSSR count). The molecule has 0 spiro atoms. The van der Waals surface area contributed by atoms with E-state index in [1.165, 1.54) is 0 Å². The van der Waals surface area contributed by atoms with E-state index in [1.807, 2.05) is 25.1 Å². The third-order valence-electron chi connectivity index (χ3n) is 3.96. The SMILES string of the molecule is CCOc1cc(C#N)ccc1OCC(=O)Nc1ccnn1Cc1ccc(Cl)cc1. The third-order valence-corrected chi connectivity index (χ3v) is 4.21. The van der Waals surface area contributed by atoms with Gasteiger partial charge < -0.3 is 14.8 Å². The second-order valence-corrected chi connectivity index (χ2v) is 6.48. The molecule has 0 aliphatic heterocycles. The molecule has 7 nitrogen and oxygen atoms in total. The van der Waals surface area contributed by atoms with Gasteiger partial charge in [-0.05, 0) is 36.8 Å². The van der Waals surface area contributed by atoms with Gasteiger partial charge in [0, 0.05) is 17.2 Å². The summed E-state index contributed by atoms with van der Waals surface area (Å²) in [6.07, 6.45) is 1.61. The van der Waals surface area contributed by atoms with E-state index in [-0.39, 0.29) is 12.5 Å². The van der Waals surface area contributed by atoms with Crippen LogP contribution in [0.4, 0.5) is 5.82 Å². The van der Waals surface area contributed by atoms with Gasteiger partial charge in [-0.1, -0.05) is 23.7 Å². The number of amides is 1. The molecule has 0 atom stereocenters. The van der Waals surface area contributed by atoms with E-state index in [0.29, 0.717) is 41.1 Å². The maximum Gasteiger partial charge on any atom is 0.263 e. The van der Waals surface area contributed by atoms with Gasteiger partial charge >= 0.3 is 0 Å². The van der Waals surface area contributed by atoms with E-state index in [9.17, 15) is 4.79 Å². The van der Waals surface area contributed by atoms with Gasteiger partial charge in [0.25, 0.3) is 5.91 Å². The number of hydrogen-bond acceptors (Lipinski definition) is 5. The molecule has 3 aromatic rings. The Hall–Kier alpha value is -3.50. The molecule has 0 aliphatic carbocycles. The summed E-state index contributed by atoms with van der Waals surface area (Å²) in [5, 5.41) is 16.7. The van der Waals surface area contributed by atoms with E-state index in [2.05, 4.69) is 10.4 Å². The number of nitrogens with one attached hydrogen (secondary N) is 1. The second kappa shape index (κ2) is 9.62. The van der Waals surface area contributed by atoms with Gasteiger partial charge in [0.2, 0.25) is 0 Å². The van der Waals surface area contributed by atoms with Crippen LogP contribution in [0.3, 0.4) is 0 Å². The second-order valence-electron chi connectivity index (χ2n) is 6.04. The molecule has 1 N–H and O–H groups in total. The van der Waals surface area contributed by atoms with Crippen molar-refractivity contribution < 1.29 is 14.3 Å². The van der Waals surface area contributed by atoms with Gasteiger partial charge in [0.1, 0.15) is 5.82 Å². The molecule has 1 aromatic heterocycles. The first-order valence-electron chi connectivity index (χ1n) is 8.95.